The van der Waals surface area contributed by atoms with Crippen LogP contribution in [-0.4, -0.2) is 11.4 Å². The fourth-order valence-corrected chi connectivity index (χ4v) is 2.41. The van der Waals surface area contributed by atoms with Crippen molar-refractivity contribution in [1.82, 2.24) is 5.32 Å². The van der Waals surface area contributed by atoms with Crippen LogP contribution in [0.4, 0.5) is 8.78 Å². The van der Waals surface area contributed by atoms with E-state index < -0.39 is 23.1 Å². The number of hydrogen-bond donors (Lipinski definition) is 1. The van der Waals surface area contributed by atoms with Gasteiger partial charge in [0.1, 0.15) is 17.2 Å². The third-order valence-corrected chi connectivity index (χ3v) is 3.36. The molecule has 1 aromatic rings. The first-order chi connectivity index (χ1) is 8.48. The van der Waals surface area contributed by atoms with Crippen LogP contribution in [0, 0.1) is 23.0 Å². The summed E-state index contributed by atoms with van der Waals surface area (Å²) >= 11 is 0. The molecule has 1 fully saturated rings. The van der Waals surface area contributed by atoms with Crippen LogP contribution in [-0.2, 0) is 4.79 Å². The summed E-state index contributed by atoms with van der Waals surface area (Å²) in [6.07, 6.45) is 1.07. The average molecular weight is 250 g/mol. The molecule has 94 valence electrons. The van der Waals surface area contributed by atoms with Gasteiger partial charge in [-0.2, -0.15) is 5.26 Å². The summed E-state index contributed by atoms with van der Waals surface area (Å²) in [7, 11) is 0. The maximum Gasteiger partial charge on any atom is 0.218 e. The predicted octanol–water partition coefficient (Wildman–Crippen LogP) is 2.24. The molecule has 1 aliphatic rings. The van der Waals surface area contributed by atoms with E-state index in [0.717, 1.165) is 12.1 Å². The predicted molar refractivity (Wildman–Crippen MR) is 60.5 cm³/mol. The van der Waals surface area contributed by atoms with E-state index in [2.05, 4.69) is 5.32 Å². The second kappa shape index (κ2) is 4.37. The highest BCUT2D eigenvalue weighted by atomic mass is 19.1. The van der Waals surface area contributed by atoms with Gasteiger partial charge < -0.3 is 5.32 Å². The smallest absolute Gasteiger partial charge is 0.218 e. The Balaban J connectivity index is 2.34. The Morgan fingerprint density at radius 2 is 2.28 bits per heavy atom. The number of benzene rings is 1. The molecule has 0 aliphatic heterocycles. The lowest BCUT2D eigenvalue weighted by Crippen LogP contribution is -2.57. The third kappa shape index (κ3) is 1.94. The molecule has 0 saturated heterocycles. The molecule has 1 N–H and O–H groups in total. The summed E-state index contributed by atoms with van der Waals surface area (Å²) < 4.78 is 26.5. The van der Waals surface area contributed by atoms with Gasteiger partial charge >= 0.3 is 0 Å². The number of halogens is 2. The van der Waals surface area contributed by atoms with E-state index in [9.17, 15) is 18.8 Å². The monoisotopic (exact) mass is 250 g/mol. The third-order valence-electron chi connectivity index (χ3n) is 3.36. The minimum Gasteiger partial charge on any atom is -0.338 e. The van der Waals surface area contributed by atoms with Gasteiger partial charge in [0.2, 0.25) is 5.91 Å². The molecule has 0 heterocycles. The first kappa shape index (κ1) is 12.5. The molecule has 0 bridgehead atoms. The zero-order valence-electron chi connectivity index (χ0n) is 9.84. The Morgan fingerprint density at radius 1 is 1.56 bits per heavy atom. The van der Waals surface area contributed by atoms with Crippen LogP contribution in [0.3, 0.4) is 0 Å². The van der Waals surface area contributed by atoms with Gasteiger partial charge in [0, 0.05) is 18.9 Å². The Hall–Kier alpha value is -1.96. The summed E-state index contributed by atoms with van der Waals surface area (Å²) in [6.45, 7) is 1.31. The van der Waals surface area contributed by atoms with E-state index in [1.165, 1.54) is 13.0 Å². The molecule has 0 spiro atoms. The lowest BCUT2D eigenvalue weighted by Gasteiger charge is -2.44. The molecule has 2 rings (SSSR count). The quantitative estimate of drug-likeness (QED) is 0.875. The van der Waals surface area contributed by atoms with Gasteiger partial charge in [-0.1, -0.05) is 6.07 Å². The molecule has 18 heavy (non-hydrogen) atoms. The maximum atomic E-state index is 13.7. The first-order valence-corrected chi connectivity index (χ1v) is 5.63. The van der Waals surface area contributed by atoms with Crippen molar-refractivity contribution in [2.45, 2.75) is 31.2 Å². The van der Waals surface area contributed by atoms with Crippen molar-refractivity contribution in [1.29, 1.82) is 5.26 Å². The summed E-state index contributed by atoms with van der Waals surface area (Å²) in [5.74, 6) is -2.09. The van der Waals surface area contributed by atoms with E-state index in [1.54, 1.807) is 0 Å². The molecule has 0 radical (unpaired) electrons. The molecule has 0 unspecified atom stereocenters. The highest BCUT2D eigenvalue weighted by Gasteiger charge is 2.49. The second-order valence-electron chi connectivity index (χ2n) is 4.52. The molecule has 1 amide bonds. The van der Waals surface area contributed by atoms with Gasteiger partial charge in [0.05, 0.1) is 6.07 Å². The van der Waals surface area contributed by atoms with Gasteiger partial charge in [-0.15, -0.1) is 0 Å². The molecule has 3 nitrogen and oxygen atoms in total. The van der Waals surface area contributed by atoms with Crippen molar-refractivity contribution in [2.75, 3.05) is 0 Å². The minimum atomic E-state index is -1.06. The van der Waals surface area contributed by atoms with Gasteiger partial charge in [-0.25, -0.2) is 8.78 Å². The number of carbonyl (C=O) groups excluding carboxylic acids is 1. The lowest BCUT2D eigenvalue weighted by atomic mass is 9.64. The fraction of sp³-hybridized carbons (Fsp3) is 0.385. The van der Waals surface area contributed by atoms with E-state index in [-0.39, 0.29) is 11.5 Å². The van der Waals surface area contributed by atoms with Crippen LogP contribution in [0.15, 0.2) is 18.2 Å². The van der Waals surface area contributed by atoms with Crippen molar-refractivity contribution in [3.8, 4) is 6.07 Å². The van der Waals surface area contributed by atoms with E-state index in [1.807, 2.05) is 6.07 Å². The summed E-state index contributed by atoms with van der Waals surface area (Å²) in [6, 6.07) is 5.33. The van der Waals surface area contributed by atoms with Crippen molar-refractivity contribution in [2.24, 2.45) is 0 Å². The van der Waals surface area contributed by atoms with Crippen molar-refractivity contribution < 1.29 is 13.6 Å². The van der Waals surface area contributed by atoms with Crippen molar-refractivity contribution in [3.05, 3.63) is 35.4 Å². The van der Waals surface area contributed by atoms with Gasteiger partial charge in [0.15, 0.2) is 0 Å². The highest BCUT2D eigenvalue weighted by molar-refractivity contribution is 5.75. The average Bonchev–Trinajstić information content (AvgIpc) is 2.27. The number of amides is 1. The topological polar surface area (TPSA) is 52.9 Å². The first-order valence-electron chi connectivity index (χ1n) is 5.63. The summed E-state index contributed by atoms with van der Waals surface area (Å²) in [5.41, 5.74) is -0.789. The van der Waals surface area contributed by atoms with Crippen LogP contribution in [0.2, 0.25) is 0 Å². The molecule has 1 aliphatic carbocycles. The maximum absolute atomic E-state index is 13.7. The van der Waals surface area contributed by atoms with Crippen LogP contribution >= 0.6 is 0 Å². The van der Waals surface area contributed by atoms with Crippen molar-refractivity contribution in [3.63, 3.8) is 0 Å². The Morgan fingerprint density at radius 3 is 2.72 bits per heavy atom. The molecular formula is C13H12F2N2O. The Labute approximate surface area is 103 Å². The second-order valence-corrected chi connectivity index (χ2v) is 4.52. The number of nitriles is 1. The molecule has 0 aromatic heterocycles. The largest absolute Gasteiger partial charge is 0.338 e. The SMILES string of the molecule is CC(=O)N[C@@]1(C#N)CC[C@@H]1c1ccc(F)cc1F. The molecular weight excluding hydrogens is 238 g/mol. The van der Waals surface area contributed by atoms with Crippen molar-refractivity contribution >= 4 is 5.91 Å². The zero-order chi connectivity index (χ0) is 13.3. The van der Waals surface area contributed by atoms with Crippen LogP contribution in [0.1, 0.15) is 31.2 Å². The number of nitrogens with one attached hydrogen (secondary N) is 1. The van der Waals surface area contributed by atoms with Gasteiger partial charge in [-0.3, -0.25) is 4.79 Å². The molecule has 1 saturated carbocycles. The Kier molecular flexibility index (Phi) is 3.04. The minimum absolute atomic E-state index is 0.276. The molecule has 2 atom stereocenters. The standard InChI is InChI=1S/C13H12F2N2O/c1-8(18)17-13(7-16)5-4-11(13)10-3-2-9(14)6-12(10)15/h2-3,6,11H,4-5H2,1H3,(H,17,18)/t11-,13-/m1/s1. The van der Waals surface area contributed by atoms with E-state index >= 15 is 0 Å². The summed E-state index contributed by atoms with van der Waals surface area (Å²) in [4.78, 5) is 11.1. The van der Waals surface area contributed by atoms with E-state index in [0.29, 0.717) is 12.8 Å². The number of hydrogen-bond acceptors (Lipinski definition) is 2. The van der Waals surface area contributed by atoms with Crippen LogP contribution < -0.4 is 5.32 Å². The highest BCUT2D eigenvalue weighted by Crippen LogP contribution is 2.46. The van der Waals surface area contributed by atoms with Gasteiger partial charge in [-0.05, 0) is 24.5 Å². The van der Waals surface area contributed by atoms with Crippen LogP contribution in [0.5, 0.6) is 0 Å². The molecule has 5 heteroatoms. The van der Waals surface area contributed by atoms with Crippen LogP contribution in [0.25, 0.3) is 0 Å². The summed E-state index contributed by atoms with van der Waals surface area (Å²) in [5, 5.41) is 11.8. The number of rotatable bonds is 2. The zero-order valence-corrected chi connectivity index (χ0v) is 9.84. The number of nitrogens with zero attached hydrogens (tertiary/aromatic N) is 1. The Bertz CT molecular complexity index is 538. The normalized spacial score (nSPS) is 26.0. The fourth-order valence-electron chi connectivity index (χ4n) is 2.41. The number of carbonyl (C=O) groups is 1. The molecule has 1 aromatic carbocycles. The van der Waals surface area contributed by atoms with Gasteiger partial charge in [0.25, 0.3) is 0 Å². The lowest BCUT2D eigenvalue weighted by molar-refractivity contribution is -0.121. The van der Waals surface area contributed by atoms with E-state index in [4.69, 9.17) is 0 Å².